The molecule has 0 saturated carbocycles. The van der Waals surface area contributed by atoms with E-state index in [-0.39, 0.29) is 17.2 Å². The molecule has 6 nitrogen and oxygen atoms in total. The third-order valence-corrected chi connectivity index (χ3v) is 3.68. The monoisotopic (exact) mass is 273 g/mol. The number of likely N-dealkylation sites (tertiary alicyclic amines) is 1. The summed E-state index contributed by atoms with van der Waals surface area (Å²) in [6.45, 7) is 1.20. The van der Waals surface area contributed by atoms with Crippen molar-refractivity contribution in [1.82, 2.24) is 15.1 Å². The minimum Gasteiger partial charge on any atom is -0.507 e. The highest BCUT2D eigenvalue weighted by molar-refractivity contribution is 5.91. The molecule has 1 amide bonds. The Kier molecular flexibility index (Phi) is 3.14. The average molecular weight is 273 g/mol. The molecule has 6 heteroatoms. The first-order valence-corrected chi connectivity index (χ1v) is 6.62. The maximum absolute atomic E-state index is 11.8. The van der Waals surface area contributed by atoms with Crippen LogP contribution in [-0.4, -0.2) is 38.9 Å². The van der Waals surface area contributed by atoms with Crippen LogP contribution in [0.3, 0.4) is 0 Å². The zero-order valence-corrected chi connectivity index (χ0v) is 10.9. The predicted molar refractivity (Wildman–Crippen MR) is 72.4 cm³/mol. The number of fused-ring (bicyclic) bond motifs is 1. The highest BCUT2D eigenvalue weighted by atomic mass is 16.3. The Balaban J connectivity index is 1.95. The molecule has 1 saturated heterocycles. The summed E-state index contributed by atoms with van der Waals surface area (Å²) in [5.74, 6) is 0.0630. The van der Waals surface area contributed by atoms with E-state index in [0.29, 0.717) is 24.8 Å². The number of phenols is 1. The van der Waals surface area contributed by atoms with Crippen molar-refractivity contribution < 1.29 is 14.7 Å². The van der Waals surface area contributed by atoms with Gasteiger partial charge in [-0.1, -0.05) is 0 Å². The number of carbonyl (C=O) groups is 2. The highest BCUT2D eigenvalue weighted by Gasteiger charge is 2.20. The number of carbonyl (C=O) groups excluding carboxylic acids is 2. The van der Waals surface area contributed by atoms with Gasteiger partial charge in [0.2, 0.25) is 5.91 Å². The molecule has 0 unspecified atom stereocenters. The lowest BCUT2D eigenvalue weighted by Crippen LogP contribution is -2.34. The van der Waals surface area contributed by atoms with Gasteiger partial charge in [-0.25, -0.2) is 0 Å². The number of phenolic OH excluding ortho intramolecular Hbond substituents is 1. The first-order valence-electron chi connectivity index (χ1n) is 6.62. The van der Waals surface area contributed by atoms with Gasteiger partial charge in [-0.15, -0.1) is 0 Å². The summed E-state index contributed by atoms with van der Waals surface area (Å²) >= 11 is 0. The molecule has 0 aliphatic carbocycles. The van der Waals surface area contributed by atoms with E-state index in [9.17, 15) is 14.7 Å². The van der Waals surface area contributed by atoms with E-state index < -0.39 is 0 Å². The van der Waals surface area contributed by atoms with Crippen LogP contribution < -0.4 is 0 Å². The van der Waals surface area contributed by atoms with Gasteiger partial charge in [-0.3, -0.25) is 14.7 Å². The van der Waals surface area contributed by atoms with Crippen molar-refractivity contribution in [3.8, 4) is 5.75 Å². The van der Waals surface area contributed by atoms with Gasteiger partial charge in [0.25, 0.3) is 0 Å². The highest BCUT2D eigenvalue weighted by Crippen LogP contribution is 2.26. The quantitative estimate of drug-likeness (QED) is 0.831. The Morgan fingerprint density at radius 1 is 1.40 bits per heavy atom. The van der Waals surface area contributed by atoms with Gasteiger partial charge in [-0.2, -0.15) is 5.10 Å². The second-order valence-electron chi connectivity index (χ2n) is 5.02. The molecular weight excluding hydrogens is 258 g/mol. The summed E-state index contributed by atoms with van der Waals surface area (Å²) in [5, 5.41) is 17.4. The molecule has 1 aliphatic rings. The molecule has 0 bridgehead atoms. The fourth-order valence-electron chi connectivity index (χ4n) is 2.55. The second-order valence-corrected chi connectivity index (χ2v) is 5.02. The van der Waals surface area contributed by atoms with Gasteiger partial charge in [0.1, 0.15) is 5.75 Å². The zero-order chi connectivity index (χ0) is 14.1. The molecule has 1 fully saturated rings. The fourth-order valence-corrected chi connectivity index (χ4v) is 2.55. The molecule has 1 aromatic heterocycles. The molecule has 0 radical (unpaired) electrons. The van der Waals surface area contributed by atoms with E-state index >= 15 is 0 Å². The number of hydrogen-bond acceptors (Lipinski definition) is 4. The summed E-state index contributed by atoms with van der Waals surface area (Å²) < 4.78 is 0. The van der Waals surface area contributed by atoms with Gasteiger partial charge >= 0.3 is 0 Å². The van der Waals surface area contributed by atoms with E-state index in [1.54, 1.807) is 11.0 Å². The Morgan fingerprint density at radius 2 is 2.25 bits per heavy atom. The van der Waals surface area contributed by atoms with Crippen molar-refractivity contribution >= 4 is 23.1 Å². The number of aromatic amines is 1. The van der Waals surface area contributed by atoms with Crippen LogP contribution in [0, 0.1) is 0 Å². The van der Waals surface area contributed by atoms with Crippen molar-refractivity contribution in [3.63, 3.8) is 0 Å². The Labute approximate surface area is 115 Å². The Morgan fingerprint density at radius 3 is 3.00 bits per heavy atom. The van der Waals surface area contributed by atoms with Crippen LogP contribution in [0.15, 0.2) is 12.1 Å². The van der Waals surface area contributed by atoms with E-state index in [0.717, 1.165) is 30.5 Å². The third-order valence-electron chi connectivity index (χ3n) is 3.68. The fraction of sp³-hybridized carbons (Fsp3) is 0.357. The lowest BCUT2D eigenvalue weighted by Gasteiger charge is -2.26. The lowest BCUT2D eigenvalue weighted by atomic mass is 10.1. The van der Waals surface area contributed by atoms with Crippen LogP contribution in [0.25, 0.3) is 10.9 Å². The van der Waals surface area contributed by atoms with Crippen LogP contribution in [0.5, 0.6) is 5.75 Å². The van der Waals surface area contributed by atoms with E-state index in [1.165, 1.54) is 6.07 Å². The number of nitrogens with one attached hydrogen (secondary N) is 1. The topological polar surface area (TPSA) is 86.3 Å². The zero-order valence-electron chi connectivity index (χ0n) is 10.9. The van der Waals surface area contributed by atoms with Gasteiger partial charge in [0, 0.05) is 24.4 Å². The molecule has 104 valence electrons. The normalized spacial score (nSPS) is 15.8. The summed E-state index contributed by atoms with van der Waals surface area (Å²) in [4.78, 5) is 24.5. The van der Waals surface area contributed by atoms with Gasteiger partial charge in [0.05, 0.1) is 23.3 Å². The SMILES string of the molecule is O=Cc1cc2c(CN3CCCCC3=O)[nH]nc2cc1O. The van der Waals surface area contributed by atoms with Gasteiger partial charge < -0.3 is 10.0 Å². The Bertz CT molecular complexity index is 678. The molecule has 0 atom stereocenters. The van der Waals surface area contributed by atoms with Crippen LogP contribution in [0.4, 0.5) is 0 Å². The van der Waals surface area contributed by atoms with E-state index in [4.69, 9.17) is 0 Å². The number of rotatable bonds is 3. The molecule has 1 aromatic carbocycles. The molecule has 3 rings (SSSR count). The molecule has 20 heavy (non-hydrogen) atoms. The number of hydrogen-bond donors (Lipinski definition) is 2. The number of benzene rings is 1. The van der Waals surface area contributed by atoms with Crippen LogP contribution >= 0.6 is 0 Å². The summed E-state index contributed by atoms with van der Waals surface area (Å²) in [5.41, 5.74) is 1.61. The van der Waals surface area contributed by atoms with E-state index in [1.807, 2.05) is 0 Å². The largest absolute Gasteiger partial charge is 0.507 e. The van der Waals surface area contributed by atoms with Gasteiger partial charge in [-0.05, 0) is 18.9 Å². The minimum atomic E-state index is -0.0837. The minimum absolute atomic E-state index is 0.0837. The smallest absolute Gasteiger partial charge is 0.222 e. The molecule has 2 aromatic rings. The number of aldehydes is 1. The number of H-pyrrole nitrogens is 1. The molecule has 2 N–H and O–H groups in total. The van der Waals surface area contributed by atoms with Crippen molar-refractivity contribution in [3.05, 3.63) is 23.4 Å². The van der Waals surface area contributed by atoms with Crippen molar-refractivity contribution in [2.75, 3.05) is 6.54 Å². The van der Waals surface area contributed by atoms with Crippen molar-refractivity contribution in [1.29, 1.82) is 0 Å². The standard InChI is InChI=1S/C14H15N3O3/c18-8-9-5-10-11(6-13(9)19)15-16-12(10)7-17-4-2-1-3-14(17)20/h5-6,8,19H,1-4,7H2,(H,15,16). The summed E-state index contributed by atoms with van der Waals surface area (Å²) in [6.07, 6.45) is 3.16. The van der Waals surface area contributed by atoms with E-state index in [2.05, 4.69) is 10.2 Å². The Hall–Kier alpha value is -2.37. The number of piperidine rings is 1. The van der Waals surface area contributed by atoms with Gasteiger partial charge in [0.15, 0.2) is 6.29 Å². The molecule has 1 aliphatic heterocycles. The number of nitrogens with zero attached hydrogens (tertiary/aromatic N) is 2. The molecular formula is C14H15N3O3. The summed E-state index contributed by atoms with van der Waals surface area (Å²) in [6, 6.07) is 3.06. The second kappa shape index (κ2) is 4.96. The summed E-state index contributed by atoms with van der Waals surface area (Å²) in [7, 11) is 0. The van der Waals surface area contributed by atoms with Crippen molar-refractivity contribution in [2.45, 2.75) is 25.8 Å². The number of aromatic hydroxyl groups is 1. The van der Waals surface area contributed by atoms with Crippen LogP contribution in [0.2, 0.25) is 0 Å². The number of amides is 1. The average Bonchev–Trinajstić information content (AvgIpc) is 2.82. The first-order chi connectivity index (χ1) is 9.69. The maximum Gasteiger partial charge on any atom is 0.222 e. The molecule has 2 heterocycles. The number of aromatic nitrogens is 2. The molecule has 0 spiro atoms. The van der Waals surface area contributed by atoms with Crippen LogP contribution in [0.1, 0.15) is 35.3 Å². The van der Waals surface area contributed by atoms with Crippen molar-refractivity contribution in [2.24, 2.45) is 0 Å². The lowest BCUT2D eigenvalue weighted by molar-refractivity contribution is -0.133. The van der Waals surface area contributed by atoms with Crippen LogP contribution in [-0.2, 0) is 11.3 Å². The third kappa shape index (κ3) is 2.13. The first kappa shape index (κ1) is 12.7. The predicted octanol–water partition coefficient (Wildman–Crippen LogP) is 1.59. The maximum atomic E-state index is 11.8.